The van der Waals surface area contributed by atoms with Gasteiger partial charge in [-0.2, -0.15) is 0 Å². The number of nitrogens with one attached hydrogen (secondary N) is 1. The second-order valence-electron chi connectivity index (χ2n) is 5.35. The third kappa shape index (κ3) is 5.22. The van der Waals surface area contributed by atoms with E-state index >= 15 is 0 Å². The molecular formula is C17H13ClN4O4S. The summed E-state index contributed by atoms with van der Waals surface area (Å²) in [5.41, 5.74) is 0.234. The second kappa shape index (κ2) is 8.56. The number of amides is 1. The SMILES string of the molecule is O=C(Cc1ccccc1[N+](=O)[O-])Nc1nnc(COc2ccc(Cl)cc2)s1. The summed E-state index contributed by atoms with van der Waals surface area (Å²) in [6, 6.07) is 13.0. The van der Waals surface area contributed by atoms with Crippen molar-refractivity contribution >= 4 is 39.7 Å². The van der Waals surface area contributed by atoms with Crippen LogP contribution >= 0.6 is 22.9 Å². The molecule has 0 aliphatic rings. The van der Waals surface area contributed by atoms with Gasteiger partial charge in [0.05, 0.1) is 11.3 Å². The normalized spacial score (nSPS) is 10.4. The Kier molecular flexibility index (Phi) is 5.94. The monoisotopic (exact) mass is 404 g/mol. The first-order valence-electron chi connectivity index (χ1n) is 7.74. The largest absolute Gasteiger partial charge is 0.486 e. The number of nitrogens with zero attached hydrogens (tertiary/aromatic N) is 3. The van der Waals surface area contributed by atoms with Crippen molar-refractivity contribution in [1.29, 1.82) is 0 Å². The summed E-state index contributed by atoms with van der Waals surface area (Å²) < 4.78 is 5.56. The fourth-order valence-electron chi connectivity index (χ4n) is 2.21. The molecule has 0 saturated carbocycles. The molecule has 0 unspecified atom stereocenters. The topological polar surface area (TPSA) is 107 Å². The molecule has 8 nitrogen and oxygen atoms in total. The van der Waals surface area contributed by atoms with Crippen LogP contribution in [0.3, 0.4) is 0 Å². The van der Waals surface area contributed by atoms with Gasteiger partial charge in [-0.05, 0) is 24.3 Å². The van der Waals surface area contributed by atoms with Gasteiger partial charge in [-0.3, -0.25) is 14.9 Å². The second-order valence-corrected chi connectivity index (χ2v) is 6.85. The minimum absolute atomic E-state index is 0.0954. The Hall–Kier alpha value is -3.04. The summed E-state index contributed by atoms with van der Waals surface area (Å²) in [5.74, 6) is 0.224. The van der Waals surface area contributed by atoms with Crippen molar-refractivity contribution in [2.45, 2.75) is 13.0 Å². The average Bonchev–Trinajstić information content (AvgIpc) is 3.08. The molecule has 0 aliphatic heterocycles. The highest BCUT2D eigenvalue weighted by Gasteiger charge is 2.16. The molecule has 0 radical (unpaired) electrons. The maximum atomic E-state index is 12.1. The first-order chi connectivity index (χ1) is 13.0. The van der Waals surface area contributed by atoms with Crippen LogP contribution in [0, 0.1) is 10.1 Å². The molecule has 1 aromatic heterocycles. The third-order valence-corrected chi connectivity index (χ3v) is 4.49. The lowest BCUT2D eigenvalue weighted by Crippen LogP contribution is -2.15. The summed E-state index contributed by atoms with van der Waals surface area (Å²) in [4.78, 5) is 22.6. The highest BCUT2D eigenvalue weighted by molar-refractivity contribution is 7.15. The van der Waals surface area contributed by atoms with Crippen LogP contribution in [-0.2, 0) is 17.8 Å². The predicted octanol–water partition coefficient (Wildman–Crippen LogP) is 3.86. The molecule has 0 atom stereocenters. The molecule has 138 valence electrons. The summed E-state index contributed by atoms with van der Waals surface area (Å²) in [6.07, 6.45) is -0.132. The van der Waals surface area contributed by atoms with Crippen LogP contribution in [0.5, 0.6) is 5.75 Å². The number of hydrogen-bond acceptors (Lipinski definition) is 7. The summed E-state index contributed by atoms with van der Waals surface area (Å²) in [7, 11) is 0. The molecule has 0 saturated heterocycles. The van der Waals surface area contributed by atoms with Gasteiger partial charge in [0.15, 0.2) is 5.01 Å². The minimum atomic E-state index is -0.514. The van der Waals surface area contributed by atoms with Crippen LogP contribution in [0.25, 0.3) is 0 Å². The Labute approximate surface area is 162 Å². The number of nitro benzene ring substituents is 1. The number of nitro groups is 1. The van der Waals surface area contributed by atoms with E-state index in [1.165, 1.54) is 17.4 Å². The van der Waals surface area contributed by atoms with Gasteiger partial charge < -0.3 is 10.1 Å². The lowest BCUT2D eigenvalue weighted by molar-refractivity contribution is -0.385. The molecule has 0 bridgehead atoms. The van der Waals surface area contributed by atoms with E-state index in [-0.39, 0.29) is 18.7 Å². The maximum absolute atomic E-state index is 12.1. The van der Waals surface area contributed by atoms with Crippen molar-refractivity contribution in [3.05, 3.63) is 74.2 Å². The number of halogens is 1. The van der Waals surface area contributed by atoms with Gasteiger partial charge in [-0.25, -0.2) is 0 Å². The number of carbonyl (C=O) groups is 1. The van der Waals surface area contributed by atoms with Crippen LogP contribution in [0.2, 0.25) is 5.02 Å². The predicted molar refractivity (Wildman–Crippen MR) is 101 cm³/mol. The Morgan fingerprint density at radius 3 is 2.67 bits per heavy atom. The van der Waals surface area contributed by atoms with Crippen LogP contribution in [-0.4, -0.2) is 21.0 Å². The van der Waals surface area contributed by atoms with E-state index in [1.807, 2.05) is 0 Å². The van der Waals surface area contributed by atoms with E-state index in [0.29, 0.717) is 26.5 Å². The van der Waals surface area contributed by atoms with Crippen LogP contribution in [0.15, 0.2) is 48.5 Å². The zero-order chi connectivity index (χ0) is 19.2. The van der Waals surface area contributed by atoms with Crippen molar-refractivity contribution in [3.63, 3.8) is 0 Å². The Morgan fingerprint density at radius 1 is 1.19 bits per heavy atom. The number of rotatable bonds is 7. The van der Waals surface area contributed by atoms with E-state index in [4.69, 9.17) is 16.3 Å². The zero-order valence-corrected chi connectivity index (χ0v) is 15.4. The van der Waals surface area contributed by atoms with Crippen LogP contribution < -0.4 is 10.1 Å². The van der Waals surface area contributed by atoms with Gasteiger partial charge in [-0.15, -0.1) is 10.2 Å². The van der Waals surface area contributed by atoms with Gasteiger partial charge >= 0.3 is 0 Å². The van der Waals surface area contributed by atoms with E-state index in [0.717, 1.165) is 0 Å². The highest BCUT2D eigenvalue weighted by atomic mass is 35.5. The number of benzene rings is 2. The molecule has 1 heterocycles. The first-order valence-corrected chi connectivity index (χ1v) is 8.93. The molecule has 27 heavy (non-hydrogen) atoms. The lowest BCUT2D eigenvalue weighted by atomic mass is 10.1. The van der Waals surface area contributed by atoms with Crippen LogP contribution in [0.1, 0.15) is 10.6 Å². The maximum Gasteiger partial charge on any atom is 0.273 e. The Bertz CT molecular complexity index is 962. The molecule has 2 aromatic carbocycles. The van der Waals surface area contributed by atoms with Gasteiger partial charge in [0.2, 0.25) is 11.0 Å². The lowest BCUT2D eigenvalue weighted by Gasteiger charge is -2.03. The number of para-hydroxylation sites is 1. The molecule has 3 aromatic rings. The summed E-state index contributed by atoms with van der Waals surface area (Å²) in [5, 5.41) is 22.9. The molecule has 0 aliphatic carbocycles. The zero-order valence-electron chi connectivity index (χ0n) is 13.8. The van der Waals surface area contributed by atoms with Crippen molar-refractivity contribution in [2.24, 2.45) is 0 Å². The number of hydrogen-bond donors (Lipinski definition) is 1. The van der Waals surface area contributed by atoms with E-state index in [2.05, 4.69) is 15.5 Å². The van der Waals surface area contributed by atoms with Gasteiger partial charge in [0, 0.05) is 16.7 Å². The highest BCUT2D eigenvalue weighted by Crippen LogP contribution is 2.21. The number of carbonyl (C=O) groups excluding carboxylic acids is 1. The first kappa shape index (κ1) is 18.7. The smallest absolute Gasteiger partial charge is 0.273 e. The van der Waals surface area contributed by atoms with Crippen molar-refractivity contribution in [3.8, 4) is 5.75 Å². The molecular weight excluding hydrogens is 392 g/mol. The third-order valence-electron chi connectivity index (χ3n) is 3.43. The standard InChI is InChI=1S/C17H13ClN4O4S/c18-12-5-7-13(8-6-12)26-10-16-20-21-17(27-16)19-15(23)9-11-3-1-2-4-14(11)22(24)25/h1-8H,9-10H2,(H,19,21,23). The quantitative estimate of drug-likeness (QED) is 0.473. The minimum Gasteiger partial charge on any atom is -0.486 e. The van der Waals surface area contributed by atoms with Crippen LogP contribution in [0.4, 0.5) is 10.8 Å². The fourth-order valence-corrected chi connectivity index (χ4v) is 3.01. The summed E-state index contributed by atoms with van der Waals surface area (Å²) >= 11 is 6.98. The van der Waals surface area contributed by atoms with Crippen molar-refractivity contribution in [2.75, 3.05) is 5.32 Å². The number of aromatic nitrogens is 2. The average molecular weight is 405 g/mol. The number of ether oxygens (including phenoxy) is 1. The van der Waals surface area contributed by atoms with E-state index in [1.54, 1.807) is 42.5 Å². The fraction of sp³-hybridized carbons (Fsp3) is 0.118. The van der Waals surface area contributed by atoms with E-state index < -0.39 is 10.8 Å². The number of anilines is 1. The van der Waals surface area contributed by atoms with Crippen molar-refractivity contribution < 1.29 is 14.5 Å². The molecule has 0 spiro atoms. The molecule has 1 amide bonds. The molecule has 10 heteroatoms. The van der Waals surface area contributed by atoms with Crippen molar-refractivity contribution in [1.82, 2.24) is 10.2 Å². The molecule has 1 N–H and O–H groups in total. The van der Waals surface area contributed by atoms with Gasteiger partial charge in [-0.1, -0.05) is 41.1 Å². The Morgan fingerprint density at radius 2 is 1.93 bits per heavy atom. The van der Waals surface area contributed by atoms with Gasteiger partial charge in [0.1, 0.15) is 12.4 Å². The Balaban J connectivity index is 1.56. The van der Waals surface area contributed by atoms with E-state index in [9.17, 15) is 14.9 Å². The van der Waals surface area contributed by atoms with Gasteiger partial charge in [0.25, 0.3) is 5.69 Å². The molecule has 0 fully saturated rings. The summed E-state index contributed by atoms with van der Waals surface area (Å²) in [6.45, 7) is 0.194. The molecule has 3 rings (SSSR count).